The van der Waals surface area contributed by atoms with Crippen LogP contribution >= 0.6 is 0 Å². The number of phenols is 1. The number of furan rings is 1. The third kappa shape index (κ3) is 7.42. The van der Waals surface area contributed by atoms with E-state index in [1.807, 2.05) is 0 Å². The minimum atomic E-state index is -0.916. The molecule has 0 radical (unpaired) electrons. The van der Waals surface area contributed by atoms with Gasteiger partial charge in [-0.2, -0.15) is 0 Å². The smallest absolute Gasteiger partial charge is 0.247 e. The molecule has 3 N–H and O–H groups in total. The number of carbonyl (C=O) groups excluding carboxylic acids is 3. The van der Waals surface area contributed by atoms with Crippen molar-refractivity contribution in [2.24, 2.45) is 0 Å². The number of nitrogens with one attached hydrogen (secondary N) is 2. The van der Waals surface area contributed by atoms with E-state index in [9.17, 15) is 19.5 Å². The fourth-order valence-electron chi connectivity index (χ4n) is 4.56. The van der Waals surface area contributed by atoms with Crippen LogP contribution in [0.5, 0.6) is 5.75 Å². The molecule has 1 saturated carbocycles. The Kier molecular flexibility index (Phi) is 8.91. The molecule has 3 aromatic rings. The third-order valence-corrected chi connectivity index (χ3v) is 6.42. The van der Waals surface area contributed by atoms with E-state index in [4.69, 9.17) is 4.42 Å². The maximum absolute atomic E-state index is 13.6. The highest BCUT2D eigenvalue weighted by Crippen LogP contribution is 2.28. The monoisotopic (exact) mass is 504 g/mol. The van der Waals surface area contributed by atoms with Crippen LogP contribution in [-0.4, -0.2) is 38.8 Å². The normalized spacial score (nSPS) is 14.2. The van der Waals surface area contributed by atoms with Crippen LogP contribution in [0.2, 0.25) is 0 Å². The SMILES string of the molecule is O=C(CCCC(=O)N(Cc1ccco1)C(C(=O)NC1CCCC1)c1ccc(O)cc1)Nc1ccccn1. The molecule has 194 valence electrons. The average Bonchev–Trinajstić information content (AvgIpc) is 3.60. The summed E-state index contributed by atoms with van der Waals surface area (Å²) < 4.78 is 5.50. The van der Waals surface area contributed by atoms with Crippen molar-refractivity contribution >= 4 is 23.5 Å². The fraction of sp³-hybridized carbons (Fsp3) is 0.357. The van der Waals surface area contributed by atoms with Crippen LogP contribution in [-0.2, 0) is 20.9 Å². The number of hydrogen-bond acceptors (Lipinski definition) is 6. The van der Waals surface area contributed by atoms with Crippen molar-refractivity contribution in [3.8, 4) is 5.75 Å². The second kappa shape index (κ2) is 12.7. The first-order valence-electron chi connectivity index (χ1n) is 12.6. The lowest BCUT2D eigenvalue weighted by Crippen LogP contribution is -2.45. The van der Waals surface area contributed by atoms with Gasteiger partial charge in [0.15, 0.2) is 0 Å². The van der Waals surface area contributed by atoms with Gasteiger partial charge in [0.1, 0.15) is 23.4 Å². The van der Waals surface area contributed by atoms with Crippen molar-refractivity contribution in [2.45, 2.75) is 63.6 Å². The zero-order valence-corrected chi connectivity index (χ0v) is 20.6. The summed E-state index contributed by atoms with van der Waals surface area (Å²) in [7, 11) is 0. The Labute approximate surface area is 215 Å². The second-order valence-electron chi connectivity index (χ2n) is 9.20. The minimum absolute atomic E-state index is 0.0709. The van der Waals surface area contributed by atoms with Crippen LogP contribution < -0.4 is 10.6 Å². The van der Waals surface area contributed by atoms with E-state index in [2.05, 4.69) is 15.6 Å². The van der Waals surface area contributed by atoms with Crippen molar-refractivity contribution in [3.63, 3.8) is 0 Å². The molecule has 1 aliphatic rings. The predicted molar refractivity (Wildman–Crippen MR) is 137 cm³/mol. The van der Waals surface area contributed by atoms with Gasteiger partial charge in [0.05, 0.1) is 12.8 Å². The van der Waals surface area contributed by atoms with Crippen molar-refractivity contribution in [2.75, 3.05) is 5.32 Å². The number of hydrogen-bond donors (Lipinski definition) is 3. The molecule has 9 heteroatoms. The summed E-state index contributed by atoms with van der Waals surface area (Å²) >= 11 is 0. The van der Waals surface area contributed by atoms with Crippen LogP contribution in [0.1, 0.15) is 62.3 Å². The first-order chi connectivity index (χ1) is 18.0. The van der Waals surface area contributed by atoms with E-state index >= 15 is 0 Å². The predicted octanol–water partition coefficient (Wildman–Crippen LogP) is 4.32. The number of nitrogens with zero attached hydrogens (tertiary/aromatic N) is 2. The Morgan fingerprint density at radius 1 is 1.03 bits per heavy atom. The lowest BCUT2D eigenvalue weighted by Gasteiger charge is -2.32. The second-order valence-corrected chi connectivity index (χ2v) is 9.20. The minimum Gasteiger partial charge on any atom is -0.508 e. The number of anilines is 1. The van der Waals surface area contributed by atoms with E-state index in [1.165, 1.54) is 23.3 Å². The lowest BCUT2D eigenvalue weighted by atomic mass is 10.0. The van der Waals surface area contributed by atoms with E-state index in [0.717, 1.165) is 25.7 Å². The Bertz CT molecular complexity index is 1160. The van der Waals surface area contributed by atoms with Gasteiger partial charge in [-0.25, -0.2) is 4.98 Å². The Morgan fingerprint density at radius 2 is 1.81 bits per heavy atom. The molecule has 0 saturated heterocycles. The number of aromatic hydroxyl groups is 1. The quantitative estimate of drug-likeness (QED) is 0.357. The maximum Gasteiger partial charge on any atom is 0.247 e. The number of amides is 3. The van der Waals surface area contributed by atoms with Crippen molar-refractivity contribution in [1.82, 2.24) is 15.2 Å². The molecule has 3 amide bonds. The van der Waals surface area contributed by atoms with Crippen molar-refractivity contribution in [1.29, 1.82) is 0 Å². The van der Waals surface area contributed by atoms with Gasteiger partial charge in [-0.15, -0.1) is 0 Å². The van der Waals surface area contributed by atoms with Crippen LogP contribution in [0, 0.1) is 0 Å². The average molecular weight is 505 g/mol. The lowest BCUT2D eigenvalue weighted by molar-refractivity contribution is -0.142. The summed E-state index contributed by atoms with van der Waals surface area (Å²) in [5.41, 5.74) is 0.584. The molecule has 0 aliphatic heterocycles. The van der Waals surface area contributed by atoms with Gasteiger partial charge in [-0.05, 0) is 61.2 Å². The highest BCUT2D eigenvalue weighted by molar-refractivity contribution is 5.91. The molecule has 37 heavy (non-hydrogen) atoms. The molecule has 1 unspecified atom stereocenters. The van der Waals surface area contributed by atoms with Crippen molar-refractivity contribution in [3.05, 3.63) is 78.4 Å². The maximum atomic E-state index is 13.6. The number of rotatable bonds is 11. The summed E-state index contributed by atoms with van der Waals surface area (Å²) in [5.74, 6) is 0.277. The van der Waals surface area contributed by atoms with Crippen LogP contribution in [0.15, 0.2) is 71.5 Å². The number of phenolic OH excluding ortho intramolecular Hbond substituents is 1. The largest absolute Gasteiger partial charge is 0.508 e. The Morgan fingerprint density at radius 3 is 2.49 bits per heavy atom. The van der Waals surface area contributed by atoms with Crippen LogP contribution in [0.25, 0.3) is 0 Å². The Hall–Kier alpha value is -4.14. The molecule has 1 aliphatic carbocycles. The van der Waals surface area contributed by atoms with Gasteiger partial charge >= 0.3 is 0 Å². The summed E-state index contributed by atoms with van der Waals surface area (Å²) in [4.78, 5) is 45.0. The van der Waals surface area contributed by atoms with E-state index in [-0.39, 0.29) is 48.9 Å². The molecule has 2 aromatic heterocycles. The first kappa shape index (κ1) is 25.9. The van der Waals surface area contributed by atoms with Crippen LogP contribution in [0.4, 0.5) is 5.82 Å². The molecule has 0 spiro atoms. The van der Waals surface area contributed by atoms with Crippen LogP contribution in [0.3, 0.4) is 0 Å². The zero-order valence-electron chi connectivity index (χ0n) is 20.6. The van der Waals surface area contributed by atoms with E-state index in [1.54, 1.807) is 48.7 Å². The fourth-order valence-corrected chi connectivity index (χ4v) is 4.56. The van der Waals surface area contributed by atoms with E-state index < -0.39 is 6.04 Å². The van der Waals surface area contributed by atoms with Gasteiger partial charge in [-0.3, -0.25) is 14.4 Å². The summed E-state index contributed by atoms with van der Waals surface area (Å²) in [5, 5.41) is 15.6. The Balaban J connectivity index is 1.50. The van der Waals surface area contributed by atoms with Gasteiger partial charge in [0.2, 0.25) is 17.7 Å². The van der Waals surface area contributed by atoms with Gasteiger partial charge < -0.3 is 25.1 Å². The van der Waals surface area contributed by atoms with E-state index in [0.29, 0.717) is 23.6 Å². The first-order valence-corrected chi connectivity index (χ1v) is 12.6. The topological polar surface area (TPSA) is 125 Å². The molecule has 1 fully saturated rings. The van der Waals surface area contributed by atoms with Crippen molar-refractivity contribution < 1.29 is 23.9 Å². The third-order valence-electron chi connectivity index (χ3n) is 6.42. The highest BCUT2D eigenvalue weighted by Gasteiger charge is 2.33. The summed E-state index contributed by atoms with van der Waals surface area (Å²) in [6, 6.07) is 14.2. The molecule has 1 atom stereocenters. The molecule has 4 rings (SSSR count). The van der Waals surface area contributed by atoms with Gasteiger partial charge in [0.25, 0.3) is 0 Å². The zero-order chi connectivity index (χ0) is 26.0. The standard InChI is InChI=1S/C28H32N4O5/c33-22-15-13-20(14-16-22)27(28(36)30-21-7-1-2-8-21)32(19-23-9-6-18-37-23)26(35)12-5-11-25(34)31-24-10-3-4-17-29-24/h3-4,6,9-10,13-18,21,27,33H,1-2,5,7-8,11-12,19H2,(H,30,36)(H,29,31,34). The van der Waals surface area contributed by atoms with Gasteiger partial charge in [0, 0.05) is 25.1 Å². The number of aromatic nitrogens is 1. The highest BCUT2D eigenvalue weighted by atomic mass is 16.3. The number of carbonyl (C=O) groups is 3. The molecule has 9 nitrogen and oxygen atoms in total. The number of pyridine rings is 1. The van der Waals surface area contributed by atoms with Gasteiger partial charge in [-0.1, -0.05) is 31.0 Å². The molecular weight excluding hydrogens is 472 g/mol. The number of benzene rings is 1. The molecule has 1 aromatic carbocycles. The summed E-state index contributed by atoms with van der Waals surface area (Å²) in [6.07, 6.45) is 7.56. The molecule has 2 heterocycles. The summed E-state index contributed by atoms with van der Waals surface area (Å²) in [6.45, 7) is 0.0929. The molecular formula is C28H32N4O5. The molecule has 0 bridgehead atoms.